The summed E-state index contributed by atoms with van der Waals surface area (Å²) in [6, 6.07) is 2.63. The number of aliphatic carboxylic acids is 1. The van der Waals surface area contributed by atoms with Gasteiger partial charge in [-0.15, -0.1) is 6.58 Å². The molecule has 0 aromatic carbocycles. The van der Waals surface area contributed by atoms with Crippen LogP contribution in [0, 0.1) is 0 Å². The lowest BCUT2D eigenvalue weighted by Crippen LogP contribution is -2.29. The van der Waals surface area contributed by atoms with Gasteiger partial charge in [0.15, 0.2) is 0 Å². The Balaban J connectivity index is 2.83. The van der Waals surface area contributed by atoms with Gasteiger partial charge >= 0.3 is 5.97 Å². The largest absolute Gasteiger partial charge is 0.480 e. The van der Waals surface area contributed by atoms with Crippen LogP contribution in [0.4, 0.5) is 0 Å². The van der Waals surface area contributed by atoms with Crippen LogP contribution >= 0.6 is 15.9 Å². The quantitative estimate of drug-likeness (QED) is 0.801. The number of nitrogens with zero attached hydrogens (tertiary/aromatic N) is 1. The molecule has 0 aliphatic carbocycles. The van der Waals surface area contributed by atoms with Gasteiger partial charge in [-0.25, -0.2) is 0 Å². The van der Waals surface area contributed by atoms with Crippen LogP contribution in [0.15, 0.2) is 35.5 Å². The molecule has 0 radical (unpaired) electrons. The van der Waals surface area contributed by atoms with E-state index >= 15 is 0 Å². The van der Waals surface area contributed by atoms with Crippen LogP contribution in [0.25, 0.3) is 0 Å². The summed E-state index contributed by atoms with van der Waals surface area (Å²) in [5.41, 5.74) is 0.479. The van der Waals surface area contributed by atoms with Crippen LogP contribution in [0.1, 0.15) is 11.7 Å². The minimum Gasteiger partial charge on any atom is -0.480 e. The number of hydrogen-bond donors (Lipinski definition) is 2. The lowest BCUT2D eigenvalue weighted by atomic mass is 10.2. The average molecular weight is 271 g/mol. The van der Waals surface area contributed by atoms with E-state index in [0.717, 1.165) is 4.47 Å². The van der Waals surface area contributed by atoms with E-state index in [1.165, 1.54) is 0 Å². The zero-order chi connectivity index (χ0) is 11.3. The fourth-order valence-corrected chi connectivity index (χ4v) is 1.31. The maximum absolute atomic E-state index is 10.9. The van der Waals surface area contributed by atoms with E-state index in [2.05, 4.69) is 32.8 Å². The molecule has 1 heterocycles. The van der Waals surface area contributed by atoms with Gasteiger partial charge in [0.2, 0.25) is 0 Å². The van der Waals surface area contributed by atoms with Crippen LogP contribution in [0.5, 0.6) is 0 Å². The molecule has 1 atom stereocenters. The molecular formula is C10H11BrN2O2. The molecule has 2 N–H and O–H groups in total. The van der Waals surface area contributed by atoms with Gasteiger partial charge in [0.25, 0.3) is 0 Å². The van der Waals surface area contributed by atoms with E-state index in [1.54, 1.807) is 24.4 Å². The van der Waals surface area contributed by atoms with Crippen molar-refractivity contribution in [1.29, 1.82) is 0 Å². The molecule has 1 unspecified atom stereocenters. The maximum atomic E-state index is 10.9. The third-order valence-electron chi connectivity index (χ3n) is 1.76. The third-order valence-corrected chi connectivity index (χ3v) is 2.23. The number of carbonyl (C=O) groups is 1. The van der Waals surface area contributed by atoms with Gasteiger partial charge in [-0.05, 0) is 28.1 Å². The van der Waals surface area contributed by atoms with E-state index in [0.29, 0.717) is 12.2 Å². The summed E-state index contributed by atoms with van der Waals surface area (Å²) in [5.74, 6) is -0.952. The predicted molar refractivity (Wildman–Crippen MR) is 60.5 cm³/mol. The normalized spacial score (nSPS) is 12.1. The topological polar surface area (TPSA) is 62.2 Å². The Morgan fingerprint density at radius 3 is 2.93 bits per heavy atom. The number of aromatic nitrogens is 1. The first-order valence-corrected chi connectivity index (χ1v) is 5.13. The van der Waals surface area contributed by atoms with Crippen molar-refractivity contribution in [3.8, 4) is 0 Å². The summed E-state index contributed by atoms with van der Waals surface area (Å²) < 4.78 is 0.819. The number of pyridine rings is 1. The molecule has 0 aliphatic rings. The number of rotatable bonds is 5. The lowest BCUT2D eigenvalue weighted by Gasteiger charge is -2.12. The van der Waals surface area contributed by atoms with Crippen LogP contribution < -0.4 is 5.32 Å². The van der Waals surface area contributed by atoms with Crippen LogP contribution in [-0.4, -0.2) is 22.6 Å². The van der Waals surface area contributed by atoms with Gasteiger partial charge in [0.05, 0.1) is 5.69 Å². The zero-order valence-corrected chi connectivity index (χ0v) is 9.57. The second-order valence-corrected chi connectivity index (χ2v) is 3.79. The van der Waals surface area contributed by atoms with E-state index in [9.17, 15) is 4.79 Å². The van der Waals surface area contributed by atoms with Crippen molar-refractivity contribution in [1.82, 2.24) is 10.3 Å². The number of hydrogen-bond acceptors (Lipinski definition) is 3. The zero-order valence-electron chi connectivity index (χ0n) is 7.98. The van der Waals surface area contributed by atoms with E-state index in [-0.39, 0.29) is 0 Å². The van der Waals surface area contributed by atoms with Gasteiger partial charge in [0, 0.05) is 17.2 Å². The molecule has 5 heteroatoms. The Bertz CT molecular complexity index is 351. The monoisotopic (exact) mass is 270 g/mol. The fraction of sp³-hybridized carbons (Fsp3) is 0.200. The molecule has 0 saturated carbocycles. The molecule has 0 saturated heterocycles. The molecule has 0 amide bonds. The molecule has 1 aromatic rings. The molecule has 0 bridgehead atoms. The fourth-order valence-electron chi connectivity index (χ4n) is 1.08. The summed E-state index contributed by atoms with van der Waals surface area (Å²) in [5, 5.41) is 11.8. The number of carboxylic acids is 1. The molecule has 1 rings (SSSR count). The molecular weight excluding hydrogens is 260 g/mol. The summed E-state index contributed by atoms with van der Waals surface area (Å²) >= 11 is 3.24. The minimum atomic E-state index is -0.952. The first kappa shape index (κ1) is 11.9. The lowest BCUT2D eigenvalue weighted by molar-refractivity contribution is -0.139. The average Bonchev–Trinajstić information content (AvgIpc) is 2.21. The van der Waals surface area contributed by atoms with Crippen LogP contribution in [-0.2, 0) is 4.79 Å². The first-order chi connectivity index (χ1) is 7.15. The Morgan fingerprint density at radius 2 is 2.47 bits per heavy atom. The Morgan fingerprint density at radius 1 is 1.73 bits per heavy atom. The third kappa shape index (κ3) is 3.45. The highest BCUT2D eigenvalue weighted by Crippen LogP contribution is 2.13. The second kappa shape index (κ2) is 5.63. The predicted octanol–water partition coefficient (Wildman–Crippen LogP) is 1.75. The van der Waals surface area contributed by atoms with Gasteiger partial charge < -0.3 is 5.11 Å². The molecule has 0 aliphatic heterocycles. The van der Waals surface area contributed by atoms with Gasteiger partial charge in [-0.3, -0.25) is 15.1 Å². The molecule has 1 aromatic heterocycles. The van der Waals surface area contributed by atoms with E-state index in [1.807, 2.05) is 0 Å². The number of nitrogens with one attached hydrogen (secondary N) is 1. The smallest absolute Gasteiger partial charge is 0.326 e. The van der Waals surface area contributed by atoms with Crippen LogP contribution in [0.3, 0.4) is 0 Å². The minimum absolute atomic E-state index is 0.425. The van der Waals surface area contributed by atoms with E-state index in [4.69, 9.17) is 5.11 Å². The van der Waals surface area contributed by atoms with Crippen LogP contribution in [0.2, 0.25) is 0 Å². The van der Waals surface area contributed by atoms with Crippen molar-refractivity contribution >= 4 is 21.9 Å². The van der Waals surface area contributed by atoms with Crippen molar-refractivity contribution in [2.75, 3.05) is 6.54 Å². The Hall–Kier alpha value is -1.20. The summed E-state index contributed by atoms with van der Waals surface area (Å²) in [6.45, 7) is 3.94. The van der Waals surface area contributed by atoms with Gasteiger partial charge in [0.1, 0.15) is 6.04 Å². The first-order valence-electron chi connectivity index (χ1n) is 4.33. The number of halogens is 1. The van der Waals surface area contributed by atoms with Crippen molar-refractivity contribution < 1.29 is 9.90 Å². The molecule has 80 valence electrons. The van der Waals surface area contributed by atoms with E-state index < -0.39 is 12.0 Å². The van der Waals surface area contributed by atoms with Gasteiger partial charge in [-0.2, -0.15) is 0 Å². The standard InChI is InChI=1S/C10H11BrN2O2/c1-2-5-12-9(10(14)15)8-4-3-7(11)6-13-8/h2-4,6,9,12H,1,5H2,(H,14,15). The SMILES string of the molecule is C=CCNC(C(=O)O)c1ccc(Br)cn1. The maximum Gasteiger partial charge on any atom is 0.326 e. The van der Waals surface area contributed by atoms with Gasteiger partial charge in [-0.1, -0.05) is 6.08 Å². The number of carboxylic acid groups (broad SMARTS) is 1. The summed E-state index contributed by atoms with van der Waals surface area (Å²) in [7, 11) is 0. The second-order valence-electron chi connectivity index (χ2n) is 2.87. The molecule has 4 nitrogen and oxygen atoms in total. The molecule has 0 fully saturated rings. The van der Waals surface area contributed by atoms with Crippen molar-refractivity contribution in [2.45, 2.75) is 6.04 Å². The summed E-state index contributed by atoms with van der Waals surface area (Å²) in [4.78, 5) is 15.0. The highest BCUT2D eigenvalue weighted by Gasteiger charge is 2.19. The summed E-state index contributed by atoms with van der Waals surface area (Å²) in [6.07, 6.45) is 3.18. The van der Waals surface area contributed by atoms with Crippen molar-refractivity contribution in [2.24, 2.45) is 0 Å². The highest BCUT2D eigenvalue weighted by atomic mass is 79.9. The molecule has 15 heavy (non-hydrogen) atoms. The Kier molecular flexibility index (Phi) is 4.45. The Labute approximate surface area is 96.2 Å². The highest BCUT2D eigenvalue weighted by molar-refractivity contribution is 9.10. The van der Waals surface area contributed by atoms with Crippen molar-refractivity contribution in [3.05, 3.63) is 41.2 Å². The molecule has 0 spiro atoms. The van der Waals surface area contributed by atoms with Crippen molar-refractivity contribution in [3.63, 3.8) is 0 Å².